The van der Waals surface area contributed by atoms with E-state index in [9.17, 15) is 18.0 Å². The number of likely N-dealkylation sites (tertiary alicyclic amines) is 2. The fourth-order valence-electron chi connectivity index (χ4n) is 7.08. The van der Waals surface area contributed by atoms with Crippen molar-refractivity contribution in [3.63, 3.8) is 0 Å². The van der Waals surface area contributed by atoms with Crippen LogP contribution < -0.4 is 0 Å². The molecule has 0 bridgehead atoms. The van der Waals surface area contributed by atoms with Crippen LogP contribution in [-0.2, 0) is 19.6 Å². The predicted octanol–water partition coefficient (Wildman–Crippen LogP) is 3.08. The Morgan fingerprint density at radius 3 is 2.23 bits per heavy atom. The second-order valence-electron chi connectivity index (χ2n) is 11.9. The fourth-order valence-corrected chi connectivity index (χ4v) is 7.08. The molecule has 2 aliphatic heterocycles. The highest BCUT2D eigenvalue weighted by Gasteiger charge is 2.59. The molecule has 0 unspecified atom stereocenters. The van der Waals surface area contributed by atoms with Gasteiger partial charge in [0.05, 0.1) is 5.69 Å². The quantitative estimate of drug-likeness (QED) is 0.711. The van der Waals surface area contributed by atoms with E-state index in [1.807, 2.05) is 9.80 Å². The van der Waals surface area contributed by atoms with Crippen molar-refractivity contribution >= 4 is 6.03 Å². The Balaban J connectivity index is 0.862. The summed E-state index contributed by atoms with van der Waals surface area (Å²) in [5.41, 5.74) is -0.526. The van der Waals surface area contributed by atoms with Crippen LogP contribution in [0.1, 0.15) is 73.4 Å². The molecule has 5 aliphatic rings. The predicted molar refractivity (Wildman–Crippen MR) is 116 cm³/mol. The summed E-state index contributed by atoms with van der Waals surface area (Å²) in [4.78, 5) is 22.4. The van der Waals surface area contributed by atoms with Gasteiger partial charge in [0.25, 0.3) is 0 Å². The Bertz CT molecular complexity index is 1160. The summed E-state index contributed by atoms with van der Waals surface area (Å²) in [6, 6.07) is 0.107. The molecule has 0 atom stereocenters. The van der Waals surface area contributed by atoms with Crippen molar-refractivity contribution in [3.8, 4) is 0 Å². The van der Waals surface area contributed by atoms with Gasteiger partial charge in [0, 0.05) is 55.9 Å². The van der Waals surface area contributed by atoms with Crippen molar-refractivity contribution in [1.29, 1.82) is 0 Å². The van der Waals surface area contributed by atoms with Crippen LogP contribution in [0, 0.1) is 16.7 Å². The molecule has 2 aromatic heterocycles. The van der Waals surface area contributed by atoms with Crippen molar-refractivity contribution in [1.82, 2.24) is 40.0 Å². The standard InChI is InChI=1S/C23H29F3N8O/c1-32-30-16(17(31-32)23(24,25)26)4-13-5-21(6-13)9-33(10-21)20(35)34-11-22(12-34)7-15(8-22)19-27-18(28-29-19)14-2-3-14/h13-15H,2-12H2,1H3,(H,27,28,29). The molecule has 2 amide bonds. The zero-order valence-electron chi connectivity index (χ0n) is 19.7. The normalized spacial score (nSPS) is 25.4. The highest BCUT2D eigenvalue weighted by molar-refractivity contribution is 5.77. The molecule has 1 N–H and O–H groups in total. The Kier molecular flexibility index (Phi) is 4.30. The first-order chi connectivity index (χ1) is 16.6. The average Bonchev–Trinajstić information content (AvgIpc) is 3.28. The SMILES string of the molecule is Cn1nc(CC2CC3(C2)CN(C(=O)N2CC4(CC(c5n[nH]c(C6CC6)n5)C4)C2)C3)c(C(F)(F)F)n1. The maximum absolute atomic E-state index is 13.2. The zero-order chi connectivity index (χ0) is 24.2. The summed E-state index contributed by atoms with van der Waals surface area (Å²) in [6.07, 6.45) is 2.01. The summed E-state index contributed by atoms with van der Waals surface area (Å²) in [7, 11) is 1.42. The minimum atomic E-state index is -4.48. The fraction of sp³-hybridized carbons (Fsp3) is 0.783. The van der Waals surface area contributed by atoms with Gasteiger partial charge in [0.15, 0.2) is 11.5 Å². The lowest BCUT2D eigenvalue weighted by Crippen LogP contribution is -2.71. The Hall–Kier alpha value is -2.66. The molecule has 2 saturated heterocycles. The first kappa shape index (κ1) is 21.6. The Morgan fingerprint density at radius 1 is 1.00 bits per heavy atom. The van der Waals surface area contributed by atoms with Crippen molar-refractivity contribution in [2.75, 3.05) is 26.2 Å². The van der Waals surface area contributed by atoms with E-state index in [-0.39, 0.29) is 28.5 Å². The lowest BCUT2D eigenvalue weighted by atomic mass is 9.56. The minimum Gasteiger partial charge on any atom is -0.323 e. The zero-order valence-corrected chi connectivity index (χ0v) is 19.7. The number of carbonyl (C=O) groups is 1. The van der Waals surface area contributed by atoms with Crippen LogP contribution in [-0.4, -0.2) is 72.2 Å². The molecule has 7 rings (SSSR count). The van der Waals surface area contributed by atoms with Crippen LogP contribution in [0.2, 0.25) is 0 Å². The second-order valence-corrected chi connectivity index (χ2v) is 11.9. The molecule has 2 aromatic rings. The Labute approximate surface area is 200 Å². The van der Waals surface area contributed by atoms with Gasteiger partial charge < -0.3 is 9.80 Å². The van der Waals surface area contributed by atoms with Gasteiger partial charge in [-0.3, -0.25) is 5.10 Å². The van der Waals surface area contributed by atoms with E-state index in [0.29, 0.717) is 31.3 Å². The molecule has 188 valence electrons. The number of hydrogen-bond donors (Lipinski definition) is 1. The van der Waals surface area contributed by atoms with Crippen LogP contribution in [0.3, 0.4) is 0 Å². The summed E-state index contributed by atoms with van der Waals surface area (Å²) < 4.78 is 39.5. The van der Waals surface area contributed by atoms with Gasteiger partial charge in [-0.25, -0.2) is 9.78 Å². The molecule has 0 aromatic carbocycles. The number of urea groups is 1. The largest absolute Gasteiger partial charge is 0.437 e. The maximum atomic E-state index is 13.2. The third-order valence-corrected chi connectivity index (χ3v) is 8.83. The highest BCUT2D eigenvalue weighted by atomic mass is 19.4. The third-order valence-electron chi connectivity index (χ3n) is 8.83. The monoisotopic (exact) mass is 490 g/mol. The van der Waals surface area contributed by atoms with E-state index < -0.39 is 11.9 Å². The minimum absolute atomic E-state index is 0.0330. The van der Waals surface area contributed by atoms with Gasteiger partial charge in [-0.1, -0.05) is 0 Å². The van der Waals surface area contributed by atoms with Crippen LogP contribution in [0.4, 0.5) is 18.0 Å². The molecule has 12 heteroatoms. The van der Waals surface area contributed by atoms with Gasteiger partial charge in [-0.15, -0.1) is 5.10 Å². The number of rotatable bonds is 4. The van der Waals surface area contributed by atoms with Crippen LogP contribution in [0.15, 0.2) is 0 Å². The summed E-state index contributed by atoms with van der Waals surface area (Å²) in [6.45, 7) is 3.03. The molecule has 35 heavy (non-hydrogen) atoms. The van der Waals surface area contributed by atoms with Gasteiger partial charge in [-0.05, 0) is 50.9 Å². The molecule has 5 fully saturated rings. The molecular formula is C23H29F3N8O. The summed E-state index contributed by atoms with van der Waals surface area (Å²) in [5, 5.41) is 15.0. The maximum Gasteiger partial charge on any atom is 0.437 e. The summed E-state index contributed by atoms with van der Waals surface area (Å²) >= 11 is 0. The van der Waals surface area contributed by atoms with E-state index in [4.69, 9.17) is 0 Å². The van der Waals surface area contributed by atoms with Crippen molar-refractivity contribution in [2.24, 2.45) is 23.8 Å². The number of amides is 2. The molecular weight excluding hydrogens is 461 g/mol. The highest BCUT2D eigenvalue weighted by Crippen LogP contribution is 2.57. The van der Waals surface area contributed by atoms with E-state index in [2.05, 4.69) is 25.4 Å². The number of halogens is 3. The number of aryl methyl sites for hydroxylation is 1. The first-order valence-corrected chi connectivity index (χ1v) is 12.5. The van der Waals surface area contributed by atoms with Crippen LogP contribution in [0.5, 0.6) is 0 Å². The smallest absolute Gasteiger partial charge is 0.323 e. The van der Waals surface area contributed by atoms with Crippen LogP contribution in [0.25, 0.3) is 0 Å². The van der Waals surface area contributed by atoms with E-state index in [1.165, 1.54) is 19.9 Å². The van der Waals surface area contributed by atoms with Gasteiger partial charge in [-0.2, -0.15) is 28.2 Å². The molecule has 0 radical (unpaired) electrons. The molecule has 2 spiro atoms. The van der Waals surface area contributed by atoms with E-state index in [0.717, 1.165) is 55.2 Å². The number of aromatic amines is 1. The molecule has 9 nitrogen and oxygen atoms in total. The molecule has 3 aliphatic carbocycles. The van der Waals surface area contributed by atoms with Crippen molar-refractivity contribution in [3.05, 3.63) is 23.0 Å². The second kappa shape index (κ2) is 6.97. The number of nitrogens with one attached hydrogen (secondary N) is 1. The Morgan fingerprint density at radius 2 is 1.63 bits per heavy atom. The van der Waals surface area contributed by atoms with Crippen molar-refractivity contribution in [2.45, 2.75) is 63.0 Å². The first-order valence-electron chi connectivity index (χ1n) is 12.5. The third kappa shape index (κ3) is 3.54. The number of alkyl halides is 3. The van der Waals surface area contributed by atoms with E-state index in [1.54, 1.807) is 0 Å². The van der Waals surface area contributed by atoms with Crippen molar-refractivity contribution < 1.29 is 18.0 Å². The number of aromatic nitrogens is 6. The van der Waals surface area contributed by atoms with Gasteiger partial charge >= 0.3 is 12.2 Å². The number of nitrogens with zero attached hydrogens (tertiary/aromatic N) is 7. The number of carbonyl (C=O) groups excluding carboxylic acids is 1. The van der Waals surface area contributed by atoms with E-state index >= 15 is 0 Å². The van der Waals surface area contributed by atoms with Gasteiger partial charge in [0.1, 0.15) is 5.82 Å². The topological polar surface area (TPSA) is 95.8 Å². The lowest BCUT2D eigenvalue weighted by molar-refractivity contribution is -0.142. The lowest BCUT2D eigenvalue weighted by Gasteiger charge is -2.63. The number of H-pyrrole nitrogens is 1. The van der Waals surface area contributed by atoms with Crippen LogP contribution >= 0.6 is 0 Å². The molecule has 4 heterocycles. The van der Waals surface area contributed by atoms with Gasteiger partial charge in [0.2, 0.25) is 0 Å². The average molecular weight is 491 g/mol. The molecule has 3 saturated carbocycles. The summed E-state index contributed by atoms with van der Waals surface area (Å²) in [5.74, 6) is 3.13. The number of hydrogen-bond acceptors (Lipinski definition) is 5.